The van der Waals surface area contributed by atoms with E-state index in [-0.39, 0.29) is 18.1 Å². The summed E-state index contributed by atoms with van der Waals surface area (Å²) >= 11 is 0. The number of hydrogen-bond acceptors (Lipinski definition) is 3. The minimum Gasteiger partial charge on any atom is -0.466 e. The highest BCUT2D eigenvalue weighted by Gasteiger charge is 2.30. The number of aromatic nitrogens is 2. The lowest BCUT2D eigenvalue weighted by Gasteiger charge is -2.13. The molecule has 0 bridgehead atoms. The predicted molar refractivity (Wildman–Crippen MR) is 90.0 cm³/mol. The molecule has 0 aliphatic heterocycles. The zero-order valence-electron chi connectivity index (χ0n) is 14.2. The first-order chi connectivity index (χ1) is 12.2. The summed E-state index contributed by atoms with van der Waals surface area (Å²) in [5, 5.41) is 0. The Bertz CT molecular complexity index is 1030. The Balaban J connectivity index is 2.14. The first kappa shape index (κ1) is 18.0. The molecule has 0 aliphatic carbocycles. The van der Waals surface area contributed by atoms with Crippen molar-refractivity contribution in [3.8, 4) is 0 Å². The summed E-state index contributed by atoms with van der Waals surface area (Å²) in [5.74, 6) is -0.812. The molecule has 1 unspecified atom stereocenters. The average molecular weight is 366 g/mol. The van der Waals surface area contributed by atoms with Crippen molar-refractivity contribution in [3.05, 3.63) is 51.9 Å². The van der Waals surface area contributed by atoms with E-state index in [1.165, 1.54) is 6.07 Å². The van der Waals surface area contributed by atoms with Crippen molar-refractivity contribution >= 4 is 22.5 Å². The maximum atomic E-state index is 12.9. The van der Waals surface area contributed by atoms with Gasteiger partial charge in [0.15, 0.2) is 0 Å². The lowest BCUT2D eigenvalue weighted by Crippen LogP contribution is -2.18. The molecule has 2 heterocycles. The maximum Gasteiger partial charge on any atom is 0.416 e. The molecule has 0 saturated carbocycles. The van der Waals surface area contributed by atoms with E-state index < -0.39 is 23.2 Å². The maximum absolute atomic E-state index is 12.9. The van der Waals surface area contributed by atoms with Crippen LogP contribution in [0.15, 0.2) is 35.1 Å². The van der Waals surface area contributed by atoms with Crippen LogP contribution in [0.3, 0.4) is 0 Å². The summed E-state index contributed by atoms with van der Waals surface area (Å²) in [6, 6.07) is 6.48. The summed E-state index contributed by atoms with van der Waals surface area (Å²) in [5.41, 5.74) is 0.141. The van der Waals surface area contributed by atoms with Gasteiger partial charge in [0.2, 0.25) is 0 Å². The Morgan fingerprint density at radius 2 is 1.92 bits per heavy atom. The van der Waals surface area contributed by atoms with Gasteiger partial charge in [0, 0.05) is 12.1 Å². The van der Waals surface area contributed by atoms with Gasteiger partial charge in [0.25, 0.3) is 5.56 Å². The number of nitrogens with one attached hydrogen (secondary N) is 1. The van der Waals surface area contributed by atoms with E-state index in [2.05, 4.69) is 4.98 Å². The first-order valence-corrected chi connectivity index (χ1v) is 8.12. The first-order valence-electron chi connectivity index (χ1n) is 8.12. The van der Waals surface area contributed by atoms with Crippen molar-refractivity contribution in [1.82, 2.24) is 9.38 Å². The molecule has 0 spiro atoms. The molecule has 2 aromatic heterocycles. The van der Waals surface area contributed by atoms with Gasteiger partial charge in [-0.1, -0.05) is 6.92 Å². The standard InChI is InChI=1S/C18H17F3N2O3/c1-3-26-17(25)10(2)8-12-5-7-15-16(24)22-13-9-11(18(19,20)21)4-6-14(13)23(12)15/h4-7,9-10H,3,8H2,1-2H3,(H,22,24). The van der Waals surface area contributed by atoms with E-state index in [1.807, 2.05) is 0 Å². The molecule has 0 aliphatic rings. The number of esters is 1. The third-order valence-corrected chi connectivity index (χ3v) is 4.21. The van der Waals surface area contributed by atoms with Crippen molar-refractivity contribution in [3.63, 3.8) is 0 Å². The summed E-state index contributed by atoms with van der Waals surface area (Å²) in [6.07, 6.45) is -4.20. The number of halogens is 3. The van der Waals surface area contributed by atoms with Gasteiger partial charge < -0.3 is 14.1 Å². The van der Waals surface area contributed by atoms with Gasteiger partial charge >= 0.3 is 12.1 Å². The molecule has 0 radical (unpaired) electrons. The van der Waals surface area contributed by atoms with Gasteiger partial charge in [-0.15, -0.1) is 0 Å². The van der Waals surface area contributed by atoms with Crippen molar-refractivity contribution < 1.29 is 22.7 Å². The second-order valence-electron chi connectivity index (χ2n) is 6.09. The molecule has 8 heteroatoms. The van der Waals surface area contributed by atoms with E-state index in [0.717, 1.165) is 12.1 Å². The van der Waals surface area contributed by atoms with Crippen LogP contribution >= 0.6 is 0 Å². The molecule has 138 valence electrons. The molecule has 0 fully saturated rings. The van der Waals surface area contributed by atoms with E-state index in [4.69, 9.17) is 4.74 Å². The SMILES string of the molecule is CCOC(=O)C(C)Cc1ccc2c(=O)[nH]c3cc(C(F)(F)F)ccc3n12. The number of aromatic amines is 1. The minimum atomic E-state index is -4.50. The van der Waals surface area contributed by atoms with Crippen LogP contribution in [0.4, 0.5) is 13.2 Å². The normalized spacial score (nSPS) is 13.3. The van der Waals surface area contributed by atoms with Crippen molar-refractivity contribution in [2.24, 2.45) is 5.92 Å². The Hall–Kier alpha value is -2.77. The summed E-state index contributed by atoms with van der Waals surface area (Å²) in [6.45, 7) is 3.68. The minimum absolute atomic E-state index is 0.0820. The van der Waals surface area contributed by atoms with Crippen LogP contribution in [0.25, 0.3) is 16.6 Å². The predicted octanol–water partition coefficient (Wildman–Crippen LogP) is 3.54. The van der Waals surface area contributed by atoms with Crippen LogP contribution in [0.1, 0.15) is 25.1 Å². The molecule has 26 heavy (non-hydrogen) atoms. The quantitative estimate of drug-likeness (QED) is 0.719. The number of fused-ring (bicyclic) bond motifs is 3. The molecule has 1 atom stereocenters. The largest absolute Gasteiger partial charge is 0.466 e. The Morgan fingerprint density at radius 3 is 2.58 bits per heavy atom. The van der Waals surface area contributed by atoms with Crippen molar-refractivity contribution in [2.45, 2.75) is 26.4 Å². The van der Waals surface area contributed by atoms with Crippen LogP contribution in [0.2, 0.25) is 0 Å². The number of carbonyl (C=O) groups excluding carboxylic acids is 1. The number of H-pyrrole nitrogens is 1. The molecule has 1 N–H and O–H groups in total. The van der Waals surface area contributed by atoms with Crippen molar-refractivity contribution in [1.29, 1.82) is 0 Å². The number of rotatable bonds is 4. The Labute approximate surface area is 146 Å². The third kappa shape index (κ3) is 3.18. The lowest BCUT2D eigenvalue weighted by atomic mass is 10.1. The number of nitrogens with zero attached hydrogens (tertiary/aromatic N) is 1. The van der Waals surface area contributed by atoms with Gasteiger partial charge in [-0.3, -0.25) is 9.59 Å². The fourth-order valence-electron chi connectivity index (χ4n) is 2.98. The molecule has 5 nitrogen and oxygen atoms in total. The molecule has 3 rings (SSSR count). The lowest BCUT2D eigenvalue weighted by molar-refractivity contribution is -0.147. The molecule has 0 saturated heterocycles. The average Bonchev–Trinajstić information content (AvgIpc) is 2.98. The highest BCUT2D eigenvalue weighted by Crippen LogP contribution is 2.31. The molecular weight excluding hydrogens is 349 g/mol. The third-order valence-electron chi connectivity index (χ3n) is 4.21. The van der Waals surface area contributed by atoms with Gasteiger partial charge in [-0.2, -0.15) is 13.2 Å². The summed E-state index contributed by atoms with van der Waals surface area (Å²) < 4.78 is 45.4. The van der Waals surface area contributed by atoms with E-state index >= 15 is 0 Å². The number of benzene rings is 1. The van der Waals surface area contributed by atoms with Gasteiger partial charge in [0.1, 0.15) is 5.52 Å². The molecule has 1 aromatic carbocycles. The van der Waals surface area contributed by atoms with E-state index in [1.54, 1.807) is 30.4 Å². The van der Waals surface area contributed by atoms with Gasteiger partial charge in [0.05, 0.1) is 29.1 Å². The fourth-order valence-corrected chi connectivity index (χ4v) is 2.98. The monoisotopic (exact) mass is 366 g/mol. The van der Waals surface area contributed by atoms with Gasteiger partial charge in [-0.05, 0) is 37.3 Å². The van der Waals surface area contributed by atoms with Crippen LogP contribution in [0.5, 0.6) is 0 Å². The zero-order chi connectivity index (χ0) is 19.1. The summed E-state index contributed by atoms with van der Waals surface area (Å²) in [7, 11) is 0. The van der Waals surface area contributed by atoms with Crippen LogP contribution in [-0.4, -0.2) is 22.0 Å². The second-order valence-corrected chi connectivity index (χ2v) is 6.09. The second kappa shape index (κ2) is 6.51. The Morgan fingerprint density at radius 1 is 1.23 bits per heavy atom. The summed E-state index contributed by atoms with van der Waals surface area (Å²) in [4.78, 5) is 26.6. The smallest absolute Gasteiger partial charge is 0.416 e. The zero-order valence-corrected chi connectivity index (χ0v) is 14.2. The number of ether oxygens (including phenoxy) is 1. The number of alkyl halides is 3. The molecule has 0 amide bonds. The Kier molecular flexibility index (Phi) is 4.52. The number of hydrogen-bond donors (Lipinski definition) is 1. The van der Waals surface area contributed by atoms with E-state index in [0.29, 0.717) is 23.1 Å². The fraction of sp³-hybridized carbons (Fsp3) is 0.333. The van der Waals surface area contributed by atoms with Crippen LogP contribution in [-0.2, 0) is 22.1 Å². The van der Waals surface area contributed by atoms with E-state index in [9.17, 15) is 22.8 Å². The molecule has 3 aromatic rings. The van der Waals surface area contributed by atoms with Crippen LogP contribution < -0.4 is 5.56 Å². The highest BCUT2D eigenvalue weighted by atomic mass is 19.4. The number of carbonyl (C=O) groups is 1. The highest BCUT2D eigenvalue weighted by molar-refractivity contribution is 5.80. The van der Waals surface area contributed by atoms with Crippen molar-refractivity contribution in [2.75, 3.05) is 6.61 Å². The molecular formula is C18H17F3N2O3. The topological polar surface area (TPSA) is 63.6 Å². The van der Waals surface area contributed by atoms with Crippen LogP contribution in [0, 0.1) is 5.92 Å². The van der Waals surface area contributed by atoms with Gasteiger partial charge in [-0.25, -0.2) is 0 Å².